The van der Waals surface area contributed by atoms with Crippen molar-refractivity contribution in [1.29, 1.82) is 0 Å². The van der Waals surface area contributed by atoms with Gasteiger partial charge in [-0.1, -0.05) is 19.9 Å². The van der Waals surface area contributed by atoms with Crippen molar-refractivity contribution >= 4 is 0 Å². The molecule has 0 N–H and O–H groups in total. The van der Waals surface area contributed by atoms with Gasteiger partial charge in [-0.05, 0) is 31.4 Å². The molecule has 1 heterocycles. The van der Waals surface area contributed by atoms with Crippen LogP contribution in [-0.2, 0) is 0 Å². The molecule has 1 heteroatoms. The Kier molecular flexibility index (Phi) is 2.98. The summed E-state index contributed by atoms with van der Waals surface area (Å²) >= 11 is 0. The Hall–Kier alpha value is -0.460. The van der Waals surface area contributed by atoms with Crippen molar-refractivity contribution in [3.8, 4) is 0 Å². The van der Waals surface area contributed by atoms with Crippen molar-refractivity contribution in [3.05, 3.63) is 12.3 Å². The molecule has 0 saturated carbocycles. The van der Waals surface area contributed by atoms with Crippen LogP contribution in [0, 0.1) is 11.8 Å². The van der Waals surface area contributed by atoms with Crippen LogP contribution in [0.15, 0.2) is 12.3 Å². The predicted molar refractivity (Wildman–Crippen MR) is 49.3 cm³/mol. The van der Waals surface area contributed by atoms with Gasteiger partial charge in [0.25, 0.3) is 0 Å². The fraction of sp³-hybridized carbons (Fsp3) is 0.800. The van der Waals surface area contributed by atoms with Gasteiger partial charge in [0.05, 0.1) is 0 Å². The summed E-state index contributed by atoms with van der Waals surface area (Å²) in [6.07, 6.45) is 5.95. The Morgan fingerprint density at radius 1 is 1.55 bits per heavy atom. The number of allylic oxidation sites excluding steroid dienone is 1. The predicted octanol–water partition coefficient (Wildman–Crippen LogP) is 2.50. The topological polar surface area (TPSA) is 3.24 Å². The van der Waals surface area contributed by atoms with Gasteiger partial charge in [-0.15, -0.1) is 0 Å². The van der Waals surface area contributed by atoms with Crippen LogP contribution in [0.3, 0.4) is 0 Å². The SMILES string of the molecule is CCN1C=CC(C(C)C)CC1. The molecule has 0 aromatic rings. The summed E-state index contributed by atoms with van der Waals surface area (Å²) < 4.78 is 0. The Bertz CT molecular complexity index is 138. The third-order valence-electron chi connectivity index (χ3n) is 2.56. The minimum absolute atomic E-state index is 0.810. The summed E-state index contributed by atoms with van der Waals surface area (Å²) in [5, 5.41) is 0. The van der Waals surface area contributed by atoms with Crippen molar-refractivity contribution in [2.24, 2.45) is 11.8 Å². The molecule has 1 aliphatic heterocycles. The molecular weight excluding hydrogens is 134 g/mol. The van der Waals surface area contributed by atoms with Crippen molar-refractivity contribution in [1.82, 2.24) is 4.90 Å². The number of hydrogen-bond donors (Lipinski definition) is 0. The quantitative estimate of drug-likeness (QED) is 0.589. The van der Waals surface area contributed by atoms with Crippen LogP contribution in [0.5, 0.6) is 0 Å². The minimum atomic E-state index is 0.810. The zero-order valence-corrected chi connectivity index (χ0v) is 7.88. The van der Waals surface area contributed by atoms with Gasteiger partial charge in [0.15, 0.2) is 0 Å². The fourth-order valence-electron chi connectivity index (χ4n) is 1.54. The molecule has 0 amide bonds. The van der Waals surface area contributed by atoms with Gasteiger partial charge in [0.1, 0.15) is 0 Å². The highest BCUT2D eigenvalue weighted by atomic mass is 15.1. The summed E-state index contributed by atoms with van der Waals surface area (Å²) in [6, 6.07) is 0. The molecule has 0 fully saturated rings. The van der Waals surface area contributed by atoms with Crippen LogP contribution >= 0.6 is 0 Å². The third-order valence-corrected chi connectivity index (χ3v) is 2.56. The second-order valence-electron chi connectivity index (χ2n) is 3.67. The van der Waals surface area contributed by atoms with Crippen molar-refractivity contribution in [3.63, 3.8) is 0 Å². The molecule has 0 aliphatic carbocycles. The summed E-state index contributed by atoms with van der Waals surface area (Å²) in [6.45, 7) is 9.21. The molecule has 0 aromatic carbocycles. The molecule has 1 unspecified atom stereocenters. The van der Waals surface area contributed by atoms with E-state index in [1.807, 2.05) is 0 Å². The van der Waals surface area contributed by atoms with E-state index in [1.165, 1.54) is 13.0 Å². The van der Waals surface area contributed by atoms with E-state index in [2.05, 4.69) is 37.9 Å². The Balaban J connectivity index is 2.42. The normalized spacial score (nSPS) is 24.7. The van der Waals surface area contributed by atoms with Gasteiger partial charge in [0.2, 0.25) is 0 Å². The van der Waals surface area contributed by atoms with Crippen LogP contribution in [0.1, 0.15) is 27.2 Å². The van der Waals surface area contributed by atoms with Crippen molar-refractivity contribution in [2.75, 3.05) is 13.1 Å². The van der Waals surface area contributed by atoms with E-state index in [0.717, 1.165) is 18.4 Å². The largest absolute Gasteiger partial charge is 0.378 e. The smallest absolute Gasteiger partial charge is 0.0177 e. The highest BCUT2D eigenvalue weighted by Gasteiger charge is 2.14. The van der Waals surface area contributed by atoms with Gasteiger partial charge >= 0.3 is 0 Å². The lowest BCUT2D eigenvalue weighted by molar-refractivity contribution is 0.303. The first-order chi connectivity index (χ1) is 5.24. The molecule has 1 rings (SSSR count). The summed E-state index contributed by atoms with van der Waals surface area (Å²) in [5.74, 6) is 1.63. The average Bonchev–Trinajstić information content (AvgIpc) is 2.05. The highest BCUT2D eigenvalue weighted by Crippen LogP contribution is 2.20. The third kappa shape index (κ3) is 2.25. The second kappa shape index (κ2) is 3.80. The van der Waals surface area contributed by atoms with Gasteiger partial charge < -0.3 is 4.90 Å². The maximum atomic E-state index is 2.37. The van der Waals surface area contributed by atoms with Crippen LogP contribution in [0.4, 0.5) is 0 Å². The van der Waals surface area contributed by atoms with E-state index in [4.69, 9.17) is 0 Å². The molecule has 1 aliphatic rings. The average molecular weight is 153 g/mol. The summed E-state index contributed by atoms with van der Waals surface area (Å²) in [7, 11) is 0. The molecule has 0 radical (unpaired) electrons. The van der Waals surface area contributed by atoms with E-state index in [-0.39, 0.29) is 0 Å². The molecule has 0 spiro atoms. The Morgan fingerprint density at radius 3 is 2.64 bits per heavy atom. The van der Waals surface area contributed by atoms with E-state index in [9.17, 15) is 0 Å². The summed E-state index contributed by atoms with van der Waals surface area (Å²) in [4.78, 5) is 2.37. The van der Waals surface area contributed by atoms with Gasteiger partial charge in [-0.3, -0.25) is 0 Å². The van der Waals surface area contributed by atoms with Gasteiger partial charge in [-0.25, -0.2) is 0 Å². The highest BCUT2D eigenvalue weighted by molar-refractivity contribution is 4.94. The molecule has 1 atom stereocenters. The van der Waals surface area contributed by atoms with Crippen molar-refractivity contribution < 1.29 is 0 Å². The van der Waals surface area contributed by atoms with Crippen LogP contribution < -0.4 is 0 Å². The maximum absolute atomic E-state index is 2.37. The summed E-state index contributed by atoms with van der Waals surface area (Å²) in [5.41, 5.74) is 0. The maximum Gasteiger partial charge on any atom is 0.0177 e. The van der Waals surface area contributed by atoms with E-state index in [1.54, 1.807) is 0 Å². The first-order valence-corrected chi connectivity index (χ1v) is 4.66. The first kappa shape index (κ1) is 8.63. The van der Waals surface area contributed by atoms with Crippen LogP contribution in [0.25, 0.3) is 0 Å². The van der Waals surface area contributed by atoms with E-state index >= 15 is 0 Å². The van der Waals surface area contributed by atoms with Crippen LogP contribution in [-0.4, -0.2) is 18.0 Å². The van der Waals surface area contributed by atoms with Crippen molar-refractivity contribution in [2.45, 2.75) is 27.2 Å². The Morgan fingerprint density at radius 2 is 2.27 bits per heavy atom. The van der Waals surface area contributed by atoms with E-state index in [0.29, 0.717) is 0 Å². The van der Waals surface area contributed by atoms with E-state index < -0.39 is 0 Å². The molecule has 0 bridgehead atoms. The van der Waals surface area contributed by atoms with Gasteiger partial charge in [-0.2, -0.15) is 0 Å². The van der Waals surface area contributed by atoms with Gasteiger partial charge in [0, 0.05) is 13.1 Å². The zero-order valence-electron chi connectivity index (χ0n) is 7.88. The molecule has 0 saturated heterocycles. The Labute approximate surface area is 70.1 Å². The first-order valence-electron chi connectivity index (χ1n) is 4.66. The monoisotopic (exact) mass is 153 g/mol. The second-order valence-corrected chi connectivity index (χ2v) is 3.67. The fourth-order valence-corrected chi connectivity index (χ4v) is 1.54. The lowest BCUT2D eigenvalue weighted by Gasteiger charge is -2.28. The van der Waals surface area contributed by atoms with Crippen LogP contribution in [0.2, 0.25) is 0 Å². The lowest BCUT2D eigenvalue weighted by atomic mass is 9.91. The molecule has 1 nitrogen and oxygen atoms in total. The molecule has 64 valence electrons. The zero-order chi connectivity index (χ0) is 8.27. The standard InChI is InChI=1S/C10H19N/c1-4-11-7-5-10(6-8-11)9(2)3/h5,7,9-10H,4,6,8H2,1-3H3. The molecule has 11 heavy (non-hydrogen) atoms. The number of hydrogen-bond acceptors (Lipinski definition) is 1. The number of rotatable bonds is 2. The lowest BCUT2D eigenvalue weighted by Crippen LogP contribution is -2.25. The molecular formula is C10H19N. The minimum Gasteiger partial charge on any atom is -0.378 e. The molecule has 0 aromatic heterocycles. The number of nitrogens with zero attached hydrogens (tertiary/aromatic N) is 1.